The number of hydrogen-bond acceptors (Lipinski definition) is 13. The zero-order chi connectivity index (χ0) is 29.9. The maximum Gasteiger partial charge on any atom is 0.358 e. The monoisotopic (exact) mass is 607 g/mol. The van der Waals surface area contributed by atoms with Crippen molar-refractivity contribution in [2.75, 3.05) is 24.9 Å². The van der Waals surface area contributed by atoms with Gasteiger partial charge in [0.25, 0.3) is 11.8 Å². The molecule has 13 nitrogen and oxygen atoms in total. The van der Waals surface area contributed by atoms with Crippen LogP contribution in [-0.4, -0.2) is 75.1 Å². The van der Waals surface area contributed by atoms with Crippen LogP contribution in [0.3, 0.4) is 0 Å². The van der Waals surface area contributed by atoms with Crippen molar-refractivity contribution in [2.45, 2.75) is 32.2 Å². The Morgan fingerprint density at radius 2 is 2.05 bits per heavy atom. The van der Waals surface area contributed by atoms with Crippen LogP contribution in [0.4, 0.5) is 9.52 Å². The van der Waals surface area contributed by atoms with E-state index in [4.69, 9.17) is 19.9 Å². The van der Waals surface area contributed by atoms with E-state index in [0.717, 1.165) is 16.2 Å². The van der Waals surface area contributed by atoms with Gasteiger partial charge in [0.05, 0.1) is 5.41 Å². The smallest absolute Gasteiger partial charge is 0.358 e. The molecule has 1 saturated heterocycles. The van der Waals surface area contributed by atoms with E-state index in [2.05, 4.69) is 15.5 Å². The van der Waals surface area contributed by atoms with Crippen LogP contribution < -0.4 is 15.8 Å². The second-order valence-electron chi connectivity index (χ2n) is 9.81. The molecule has 2 amide bonds. The predicted octanol–water partition coefficient (Wildman–Crippen LogP) is 1.87. The van der Waals surface area contributed by atoms with Gasteiger partial charge in [-0.1, -0.05) is 11.2 Å². The molecule has 3 heterocycles. The number of β-lactam (4-membered cyclic amide) rings is 1. The molecule has 41 heavy (non-hydrogen) atoms. The molecular weight excluding hydrogens is 581 g/mol. The van der Waals surface area contributed by atoms with Crippen LogP contribution in [0.1, 0.15) is 26.5 Å². The molecule has 0 saturated carbocycles. The highest BCUT2D eigenvalue weighted by molar-refractivity contribution is 8.00. The third-order valence-electron chi connectivity index (χ3n) is 5.81. The largest absolute Gasteiger partial charge is 0.489 e. The molecule has 2 aliphatic heterocycles. The minimum Gasteiger partial charge on any atom is -0.489 e. The summed E-state index contributed by atoms with van der Waals surface area (Å²) in [6.07, 6.45) is 0. The summed E-state index contributed by atoms with van der Waals surface area (Å²) in [7, 11) is 0. The average Bonchev–Trinajstić information content (AvgIpc) is 3.35. The molecule has 2 aromatic rings. The summed E-state index contributed by atoms with van der Waals surface area (Å²) >= 11 is 2.27. The fourth-order valence-electron chi connectivity index (χ4n) is 3.75. The van der Waals surface area contributed by atoms with E-state index in [9.17, 15) is 28.8 Å². The number of fused-ring (bicyclic) bond motifs is 1. The molecule has 2 aliphatic rings. The number of aromatic nitrogens is 1. The summed E-state index contributed by atoms with van der Waals surface area (Å²) in [5, 5.41) is 15.7. The Kier molecular flexibility index (Phi) is 8.82. The van der Waals surface area contributed by atoms with Crippen molar-refractivity contribution in [3.8, 4) is 5.75 Å². The lowest BCUT2D eigenvalue weighted by molar-refractivity contribution is -0.173. The number of nitrogens with two attached hydrogens (primary N) is 1. The average molecular weight is 608 g/mol. The molecule has 4 N–H and O–H groups in total. The topological polar surface area (TPSA) is 183 Å². The Morgan fingerprint density at radius 3 is 2.68 bits per heavy atom. The van der Waals surface area contributed by atoms with E-state index in [1.54, 1.807) is 20.8 Å². The zero-order valence-electron chi connectivity index (χ0n) is 22.1. The molecular formula is C25H26FN5O8S2. The Balaban J connectivity index is 1.52. The van der Waals surface area contributed by atoms with Gasteiger partial charge in [-0.2, -0.15) is 0 Å². The summed E-state index contributed by atoms with van der Waals surface area (Å²) < 4.78 is 29.4. The Morgan fingerprint density at radius 1 is 1.29 bits per heavy atom. The lowest BCUT2D eigenvalue weighted by atomic mass is 9.98. The summed E-state index contributed by atoms with van der Waals surface area (Å²) in [5.41, 5.74) is 4.56. The molecule has 0 spiro atoms. The van der Waals surface area contributed by atoms with Gasteiger partial charge in [0.15, 0.2) is 10.8 Å². The number of nitrogens with zero attached hydrogens (tertiary/aromatic N) is 3. The van der Waals surface area contributed by atoms with Crippen molar-refractivity contribution in [2.24, 2.45) is 10.6 Å². The van der Waals surface area contributed by atoms with Crippen molar-refractivity contribution in [3.63, 3.8) is 0 Å². The third kappa shape index (κ3) is 6.59. The molecule has 2 atom stereocenters. The molecule has 218 valence electrons. The van der Waals surface area contributed by atoms with Gasteiger partial charge in [-0.05, 0) is 32.9 Å². The van der Waals surface area contributed by atoms with E-state index in [1.807, 2.05) is 0 Å². The maximum atomic E-state index is 13.6. The Bertz CT molecular complexity index is 1440. The molecule has 0 aliphatic carbocycles. The number of benzene rings is 1. The minimum atomic E-state index is -1.08. The normalized spacial score (nSPS) is 18.8. The molecule has 1 aromatic carbocycles. The van der Waals surface area contributed by atoms with Gasteiger partial charge in [0.2, 0.25) is 6.79 Å². The number of halogens is 1. The molecule has 0 radical (unpaired) electrons. The van der Waals surface area contributed by atoms with Gasteiger partial charge in [0.1, 0.15) is 41.0 Å². The second kappa shape index (κ2) is 12.1. The third-order valence-corrected chi connectivity index (χ3v) is 7.82. The first-order valence-corrected chi connectivity index (χ1v) is 14.0. The van der Waals surface area contributed by atoms with Gasteiger partial charge in [0, 0.05) is 22.8 Å². The number of thioether (sulfide) groups is 1. The number of carbonyl (C=O) groups excluding carboxylic acids is 4. The number of esters is 2. The van der Waals surface area contributed by atoms with Gasteiger partial charge >= 0.3 is 11.9 Å². The van der Waals surface area contributed by atoms with Crippen molar-refractivity contribution < 1.29 is 43.0 Å². The molecule has 16 heteroatoms. The lowest BCUT2D eigenvalue weighted by Crippen LogP contribution is -2.71. The first-order chi connectivity index (χ1) is 19.4. The number of rotatable bonds is 9. The number of amides is 2. The van der Waals surface area contributed by atoms with E-state index >= 15 is 0 Å². The van der Waals surface area contributed by atoms with Gasteiger partial charge in [-0.3, -0.25) is 19.3 Å². The number of hydrogen-bond donors (Lipinski definition) is 3. The second-order valence-corrected chi connectivity index (χ2v) is 11.8. The van der Waals surface area contributed by atoms with Crippen molar-refractivity contribution in [1.29, 1.82) is 0 Å². The highest BCUT2D eigenvalue weighted by atomic mass is 32.2. The predicted molar refractivity (Wildman–Crippen MR) is 145 cm³/mol. The van der Waals surface area contributed by atoms with Crippen LogP contribution in [-0.2, 0) is 28.7 Å². The summed E-state index contributed by atoms with van der Waals surface area (Å²) in [6.45, 7) is 4.03. The van der Waals surface area contributed by atoms with Gasteiger partial charge < -0.3 is 30.5 Å². The number of nitrogens with one attached hydrogen (secondary N) is 1. The van der Waals surface area contributed by atoms with E-state index in [1.165, 1.54) is 41.4 Å². The molecule has 0 bridgehead atoms. The quantitative estimate of drug-likeness (QED) is 0.0945. The molecule has 1 aromatic heterocycles. The SMILES string of the molecule is CC(C)(C)C(=O)OCOC(=O)C1=C(COc2cccc(F)c2)CS[C@@H]2C(NC(=O)/C(=N\O)c3csc(N)n3)C(=O)N12. The van der Waals surface area contributed by atoms with Crippen LogP contribution >= 0.6 is 23.1 Å². The van der Waals surface area contributed by atoms with Crippen molar-refractivity contribution in [3.05, 3.63) is 52.4 Å². The minimum absolute atomic E-state index is 0.0261. The number of nitrogen functional groups attached to an aromatic ring is 1. The van der Waals surface area contributed by atoms with E-state index in [-0.39, 0.29) is 34.6 Å². The number of ether oxygens (including phenoxy) is 3. The molecule has 1 fully saturated rings. The standard InChI is InChI=1S/C25H26FN5O8S2/c1-25(2,3)23(35)39-11-38-22(34)18-12(8-37-14-6-4-5-13(26)7-14)9-40-21-17(20(33)31(18)21)29-19(32)16(30-36)15-10-41-24(27)28-15/h4-7,10,17,21,36H,8-9,11H2,1-3H3,(H2,27,28)(H,29,32)/b30-16-/t17?,21-/m1/s1. The van der Waals surface area contributed by atoms with Crippen LogP contribution in [0, 0.1) is 11.2 Å². The number of carbonyl (C=O) groups is 4. The van der Waals surface area contributed by atoms with Crippen molar-refractivity contribution >= 4 is 57.7 Å². The van der Waals surface area contributed by atoms with E-state index in [0.29, 0.717) is 5.57 Å². The number of anilines is 1. The first kappa shape index (κ1) is 29.8. The van der Waals surface area contributed by atoms with Crippen LogP contribution in [0.5, 0.6) is 5.75 Å². The van der Waals surface area contributed by atoms with Gasteiger partial charge in [-0.15, -0.1) is 23.1 Å². The zero-order valence-corrected chi connectivity index (χ0v) is 23.7. The Labute approximate surface area is 241 Å². The summed E-state index contributed by atoms with van der Waals surface area (Å²) in [6, 6.07) is 4.33. The van der Waals surface area contributed by atoms with Crippen LogP contribution in [0.2, 0.25) is 0 Å². The first-order valence-electron chi connectivity index (χ1n) is 12.0. The van der Waals surface area contributed by atoms with Crippen LogP contribution in [0.15, 0.2) is 46.1 Å². The summed E-state index contributed by atoms with van der Waals surface area (Å²) in [4.78, 5) is 56.3. The fourth-order valence-corrected chi connectivity index (χ4v) is 5.63. The summed E-state index contributed by atoms with van der Waals surface area (Å²) in [5.74, 6) is -3.20. The maximum absolute atomic E-state index is 13.6. The fraction of sp³-hybridized carbons (Fsp3) is 0.360. The highest BCUT2D eigenvalue weighted by Crippen LogP contribution is 2.41. The molecule has 4 rings (SSSR count). The molecule has 1 unspecified atom stereocenters. The van der Waals surface area contributed by atoms with Gasteiger partial charge in [-0.25, -0.2) is 14.2 Å². The highest BCUT2D eigenvalue weighted by Gasteiger charge is 2.55. The van der Waals surface area contributed by atoms with Crippen LogP contribution in [0.25, 0.3) is 0 Å². The van der Waals surface area contributed by atoms with Crippen molar-refractivity contribution in [1.82, 2.24) is 15.2 Å². The van der Waals surface area contributed by atoms with E-state index < -0.39 is 58.9 Å². The lowest BCUT2D eigenvalue weighted by Gasteiger charge is -2.49. The number of thiazole rings is 1. The number of oxime groups is 1. The Hall–Kier alpha value is -4.18.